The number of halogens is 2. The Balaban J connectivity index is 3.11. The average Bonchev–Trinajstić information content (AvgIpc) is 2.15. The Kier molecular flexibility index (Phi) is 4.00. The van der Waals surface area contributed by atoms with Crippen LogP contribution in [0.25, 0.3) is 0 Å². The molecule has 0 unspecified atom stereocenters. The van der Waals surface area contributed by atoms with Gasteiger partial charge in [-0.25, -0.2) is 0 Å². The minimum Gasteiger partial charge on any atom is -0.339 e. The van der Waals surface area contributed by atoms with E-state index in [1.165, 1.54) is 0 Å². The Morgan fingerprint density at radius 2 is 1.73 bits per heavy atom. The molecule has 0 aliphatic heterocycles. The van der Waals surface area contributed by atoms with Crippen molar-refractivity contribution in [3.8, 4) is 0 Å². The highest BCUT2D eigenvalue weighted by Crippen LogP contribution is 2.25. The van der Waals surface area contributed by atoms with Gasteiger partial charge in [-0.1, -0.05) is 29.3 Å². The summed E-state index contributed by atoms with van der Waals surface area (Å²) in [6, 6.07) is 5.16. The lowest BCUT2D eigenvalue weighted by Crippen LogP contribution is -2.33. The SMILES string of the molecule is CC(C)N(C)C(=O)c1c(Cl)cccc1Cl. The summed E-state index contributed by atoms with van der Waals surface area (Å²) in [5.41, 5.74) is 0.372. The molecule has 1 aromatic carbocycles. The molecule has 1 aromatic rings. The molecular formula is C11H13Cl2NO. The molecule has 0 saturated carbocycles. The molecule has 1 amide bonds. The first-order chi connectivity index (χ1) is 6.95. The van der Waals surface area contributed by atoms with Crippen LogP contribution in [0.4, 0.5) is 0 Å². The number of amides is 1. The van der Waals surface area contributed by atoms with Crippen molar-refractivity contribution in [3.63, 3.8) is 0 Å². The van der Waals surface area contributed by atoms with Crippen molar-refractivity contribution in [1.82, 2.24) is 4.90 Å². The van der Waals surface area contributed by atoms with E-state index in [4.69, 9.17) is 23.2 Å². The molecule has 82 valence electrons. The number of hydrogen-bond acceptors (Lipinski definition) is 1. The molecular weight excluding hydrogens is 233 g/mol. The fourth-order valence-corrected chi connectivity index (χ4v) is 1.67. The molecule has 0 aliphatic carbocycles. The second-order valence-corrected chi connectivity index (χ2v) is 4.42. The number of hydrogen-bond donors (Lipinski definition) is 0. The van der Waals surface area contributed by atoms with E-state index < -0.39 is 0 Å². The van der Waals surface area contributed by atoms with Gasteiger partial charge in [-0.05, 0) is 26.0 Å². The van der Waals surface area contributed by atoms with Crippen molar-refractivity contribution in [3.05, 3.63) is 33.8 Å². The fraction of sp³-hybridized carbons (Fsp3) is 0.364. The molecule has 2 nitrogen and oxygen atoms in total. The molecule has 0 heterocycles. The first-order valence-electron chi connectivity index (χ1n) is 4.66. The van der Waals surface area contributed by atoms with E-state index in [1.54, 1.807) is 30.1 Å². The van der Waals surface area contributed by atoms with Crippen LogP contribution in [0.1, 0.15) is 24.2 Å². The molecule has 0 fully saturated rings. The van der Waals surface area contributed by atoms with Crippen LogP contribution < -0.4 is 0 Å². The lowest BCUT2D eigenvalue weighted by Gasteiger charge is -2.22. The summed E-state index contributed by atoms with van der Waals surface area (Å²) in [5, 5.41) is 0.778. The van der Waals surface area contributed by atoms with Crippen molar-refractivity contribution in [1.29, 1.82) is 0 Å². The second kappa shape index (κ2) is 4.86. The molecule has 0 aliphatic rings. The van der Waals surface area contributed by atoms with Crippen molar-refractivity contribution in [2.75, 3.05) is 7.05 Å². The van der Waals surface area contributed by atoms with Gasteiger partial charge in [0, 0.05) is 13.1 Å². The molecule has 15 heavy (non-hydrogen) atoms. The quantitative estimate of drug-likeness (QED) is 0.782. The third-order valence-corrected chi connectivity index (χ3v) is 2.90. The topological polar surface area (TPSA) is 20.3 Å². The second-order valence-electron chi connectivity index (χ2n) is 3.61. The Labute approximate surface area is 99.8 Å². The summed E-state index contributed by atoms with van der Waals surface area (Å²) >= 11 is 11.9. The zero-order chi connectivity index (χ0) is 11.6. The Hall–Kier alpha value is -0.730. The van der Waals surface area contributed by atoms with E-state index in [0.717, 1.165) is 0 Å². The van der Waals surface area contributed by atoms with E-state index in [2.05, 4.69) is 0 Å². The maximum Gasteiger partial charge on any atom is 0.256 e. The summed E-state index contributed by atoms with van der Waals surface area (Å²) < 4.78 is 0. The maximum atomic E-state index is 12.0. The largest absolute Gasteiger partial charge is 0.339 e. The van der Waals surface area contributed by atoms with E-state index >= 15 is 0 Å². The van der Waals surface area contributed by atoms with Gasteiger partial charge < -0.3 is 4.90 Å². The molecule has 1 rings (SSSR count). The summed E-state index contributed by atoms with van der Waals surface area (Å²) in [5.74, 6) is -0.152. The van der Waals surface area contributed by atoms with Gasteiger partial charge >= 0.3 is 0 Å². The van der Waals surface area contributed by atoms with E-state index in [0.29, 0.717) is 15.6 Å². The Bertz CT molecular complexity index is 357. The molecule has 0 bridgehead atoms. The molecule has 0 spiro atoms. The molecule has 0 saturated heterocycles. The predicted octanol–water partition coefficient (Wildman–Crippen LogP) is 3.47. The van der Waals surface area contributed by atoms with Crippen molar-refractivity contribution >= 4 is 29.1 Å². The Morgan fingerprint density at radius 3 is 2.13 bits per heavy atom. The van der Waals surface area contributed by atoms with Gasteiger partial charge in [-0.3, -0.25) is 4.79 Å². The molecule has 0 atom stereocenters. The average molecular weight is 246 g/mol. The highest BCUT2D eigenvalue weighted by Gasteiger charge is 2.19. The normalized spacial score (nSPS) is 10.5. The van der Waals surface area contributed by atoms with Gasteiger partial charge in [0.1, 0.15) is 0 Å². The third kappa shape index (κ3) is 2.64. The maximum absolute atomic E-state index is 12.0. The van der Waals surface area contributed by atoms with E-state index in [1.807, 2.05) is 13.8 Å². The van der Waals surface area contributed by atoms with E-state index in [9.17, 15) is 4.79 Å². The first kappa shape index (κ1) is 12.3. The fourth-order valence-electron chi connectivity index (χ4n) is 1.11. The van der Waals surface area contributed by atoms with Crippen LogP contribution in [-0.2, 0) is 0 Å². The van der Waals surface area contributed by atoms with Gasteiger partial charge in [-0.15, -0.1) is 0 Å². The van der Waals surface area contributed by atoms with Gasteiger partial charge in [0.2, 0.25) is 0 Å². The highest BCUT2D eigenvalue weighted by atomic mass is 35.5. The third-order valence-electron chi connectivity index (χ3n) is 2.27. The number of nitrogens with zero attached hydrogens (tertiary/aromatic N) is 1. The van der Waals surface area contributed by atoms with Gasteiger partial charge in [0.05, 0.1) is 15.6 Å². The van der Waals surface area contributed by atoms with Crippen LogP contribution >= 0.6 is 23.2 Å². The van der Waals surface area contributed by atoms with E-state index in [-0.39, 0.29) is 11.9 Å². The number of carbonyl (C=O) groups is 1. The van der Waals surface area contributed by atoms with Gasteiger partial charge in [-0.2, -0.15) is 0 Å². The molecule has 0 radical (unpaired) electrons. The van der Waals surface area contributed by atoms with Gasteiger partial charge in [0.15, 0.2) is 0 Å². The lowest BCUT2D eigenvalue weighted by atomic mass is 10.2. The molecule has 0 N–H and O–H groups in total. The van der Waals surface area contributed by atoms with Crippen molar-refractivity contribution in [2.24, 2.45) is 0 Å². The summed E-state index contributed by atoms with van der Waals surface area (Å²) in [6.07, 6.45) is 0. The lowest BCUT2D eigenvalue weighted by molar-refractivity contribution is 0.0755. The van der Waals surface area contributed by atoms with Crippen LogP contribution in [-0.4, -0.2) is 23.9 Å². The first-order valence-corrected chi connectivity index (χ1v) is 5.42. The van der Waals surface area contributed by atoms with Crippen molar-refractivity contribution < 1.29 is 4.79 Å². The van der Waals surface area contributed by atoms with Crippen LogP contribution in [0.3, 0.4) is 0 Å². The van der Waals surface area contributed by atoms with Gasteiger partial charge in [0.25, 0.3) is 5.91 Å². The standard InChI is InChI=1S/C11H13Cl2NO/c1-7(2)14(3)11(15)10-8(12)5-4-6-9(10)13/h4-7H,1-3H3. The van der Waals surface area contributed by atoms with Crippen LogP contribution in [0.5, 0.6) is 0 Å². The summed E-state index contributed by atoms with van der Waals surface area (Å²) in [4.78, 5) is 13.6. The summed E-state index contributed by atoms with van der Waals surface area (Å²) in [6.45, 7) is 3.87. The summed E-state index contributed by atoms with van der Waals surface area (Å²) in [7, 11) is 1.73. The number of rotatable bonds is 2. The minimum absolute atomic E-state index is 0.116. The van der Waals surface area contributed by atoms with Crippen molar-refractivity contribution in [2.45, 2.75) is 19.9 Å². The van der Waals surface area contributed by atoms with Crippen LogP contribution in [0, 0.1) is 0 Å². The predicted molar refractivity (Wildman–Crippen MR) is 63.7 cm³/mol. The molecule has 4 heteroatoms. The Morgan fingerprint density at radius 1 is 1.27 bits per heavy atom. The zero-order valence-electron chi connectivity index (χ0n) is 8.92. The smallest absolute Gasteiger partial charge is 0.256 e. The van der Waals surface area contributed by atoms with Crippen LogP contribution in [0.2, 0.25) is 10.0 Å². The zero-order valence-corrected chi connectivity index (χ0v) is 10.4. The highest BCUT2D eigenvalue weighted by molar-refractivity contribution is 6.39. The molecule has 0 aromatic heterocycles. The van der Waals surface area contributed by atoms with Crippen LogP contribution in [0.15, 0.2) is 18.2 Å². The minimum atomic E-state index is -0.152. The number of carbonyl (C=O) groups excluding carboxylic acids is 1. The monoisotopic (exact) mass is 245 g/mol. The number of benzene rings is 1.